The van der Waals surface area contributed by atoms with E-state index in [2.05, 4.69) is 54.5 Å². The first kappa shape index (κ1) is 61.1. The molecule has 1 aliphatic carbocycles. The minimum atomic E-state index is -2.52. The summed E-state index contributed by atoms with van der Waals surface area (Å²) in [5.41, 5.74) is 1.72. The number of hydrogen-bond acceptors (Lipinski definition) is 13. The largest absolute Gasteiger partial charge is 0.456 e. The summed E-state index contributed by atoms with van der Waals surface area (Å²) >= 11 is 0. The molecule has 71 heavy (non-hydrogen) atoms. The highest BCUT2D eigenvalue weighted by Gasteiger charge is 2.57. The second-order valence-corrected chi connectivity index (χ2v) is 31.3. The van der Waals surface area contributed by atoms with Gasteiger partial charge in [0.25, 0.3) is 11.7 Å². The van der Waals surface area contributed by atoms with Crippen molar-refractivity contribution in [3.05, 3.63) is 23.3 Å². The van der Waals surface area contributed by atoms with Crippen molar-refractivity contribution >= 4 is 46.4 Å². The van der Waals surface area contributed by atoms with Crippen LogP contribution in [0.4, 0.5) is 0 Å². The summed E-state index contributed by atoms with van der Waals surface area (Å²) < 4.78 is 45.4. The monoisotopic (exact) mass is 1030 g/mol. The number of rotatable bonds is 17. The molecule has 4 aliphatic rings. The van der Waals surface area contributed by atoms with Crippen LogP contribution in [0.5, 0.6) is 0 Å². The minimum Gasteiger partial charge on any atom is -0.456 e. The third-order valence-corrected chi connectivity index (χ3v) is 26.8. The van der Waals surface area contributed by atoms with Gasteiger partial charge in [0.1, 0.15) is 30.3 Å². The zero-order chi connectivity index (χ0) is 52.8. The molecule has 14 nitrogen and oxygen atoms in total. The quantitative estimate of drug-likeness (QED) is 0.0480. The van der Waals surface area contributed by atoms with E-state index in [9.17, 15) is 24.3 Å². The van der Waals surface area contributed by atoms with Gasteiger partial charge in [-0.05, 0) is 125 Å². The number of carbonyl (C=O) groups is 5. The Bertz CT molecular complexity index is 1800. The van der Waals surface area contributed by atoms with Crippen molar-refractivity contribution in [2.45, 2.75) is 238 Å². The van der Waals surface area contributed by atoms with Crippen LogP contribution in [0.2, 0.25) is 36.3 Å². The highest BCUT2D eigenvalue weighted by Crippen LogP contribution is 2.41. The average Bonchev–Trinajstić information content (AvgIpc) is 3.37. The number of esters is 1. The number of ketones is 2. The summed E-state index contributed by atoms with van der Waals surface area (Å²) in [7, 11) is 0.492. The van der Waals surface area contributed by atoms with E-state index < -0.39 is 94.4 Å². The molecule has 1 saturated carbocycles. The zero-order valence-electron chi connectivity index (χ0n) is 46.3. The predicted molar refractivity (Wildman–Crippen MR) is 281 cm³/mol. The van der Waals surface area contributed by atoms with Gasteiger partial charge in [-0.3, -0.25) is 14.4 Å². The summed E-state index contributed by atoms with van der Waals surface area (Å²) in [4.78, 5) is 72.6. The molecule has 1 N–H and O–H groups in total. The van der Waals surface area contributed by atoms with E-state index in [1.54, 1.807) is 21.1 Å². The zero-order valence-corrected chi connectivity index (χ0v) is 48.3. The highest BCUT2D eigenvalue weighted by molar-refractivity contribution is 6.74. The van der Waals surface area contributed by atoms with Gasteiger partial charge in [0.2, 0.25) is 5.79 Å². The number of Topliss-reactive ketones (excluding diaryl/α,β-unsaturated/α-hetero) is 2. The lowest BCUT2D eigenvalue weighted by Gasteiger charge is -2.47. The van der Waals surface area contributed by atoms with E-state index in [4.69, 9.17) is 32.5 Å². The number of cyclic esters (lactones) is 1. The van der Waals surface area contributed by atoms with Crippen molar-refractivity contribution < 1.29 is 61.6 Å². The number of methoxy groups -OCH3 is 3. The third-order valence-electron chi connectivity index (χ3n) is 17.4. The van der Waals surface area contributed by atoms with Crippen LogP contribution in [-0.2, 0) is 56.5 Å². The van der Waals surface area contributed by atoms with Crippen molar-refractivity contribution in [2.75, 3.05) is 27.9 Å². The molecular weight excluding hydrogens is 939 g/mol. The second-order valence-electron chi connectivity index (χ2n) is 21.8. The smallest absolute Gasteiger partial charge is 0.329 e. The first-order chi connectivity index (χ1) is 33.7. The Morgan fingerprint density at radius 1 is 0.775 bits per heavy atom. The maximum absolute atomic E-state index is 15.0. The number of ether oxygens (including phenoxy) is 5. The van der Waals surface area contributed by atoms with Gasteiger partial charge >= 0.3 is 5.97 Å². The topological polar surface area (TPSA) is 173 Å². The van der Waals surface area contributed by atoms with Crippen LogP contribution in [0.1, 0.15) is 147 Å². The lowest BCUT2D eigenvalue weighted by Crippen LogP contribution is -2.64. The number of nitrogens with zero attached hydrogens (tertiary/aromatic N) is 1. The van der Waals surface area contributed by atoms with Crippen molar-refractivity contribution in [3.8, 4) is 0 Å². The Hall–Kier alpha value is -2.42. The second kappa shape index (κ2) is 27.9. The predicted octanol–water partition coefficient (Wildman–Crippen LogP) is 9.71. The summed E-state index contributed by atoms with van der Waals surface area (Å²) in [6.07, 6.45) is 6.09. The number of carbonyl (C=O) groups excluding carboxylic acids is 5. The van der Waals surface area contributed by atoms with Crippen LogP contribution in [0.25, 0.3) is 0 Å². The molecule has 16 heteroatoms. The highest BCUT2D eigenvalue weighted by atomic mass is 28.4. The fourth-order valence-electron chi connectivity index (χ4n) is 12.2. The summed E-state index contributed by atoms with van der Waals surface area (Å²) in [5.74, 6) is -7.51. The lowest BCUT2D eigenvalue weighted by molar-refractivity contribution is -0.302. The first-order valence-electron chi connectivity index (χ1n) is 27.4. The van der Waals surface area contributed by atoms with Crippen LogP contribution in [0, 0.1) is 29.6 Å². The molecule has 3 heterocycles. The normalized spacial score (nSPS) is 35.8. The molecule has 14 atom stereocenters. The molecule has 2 saturated heterocycles. The molecule has 3 aliphatic heterocycles. The maximum atomic E-state index is 15.0. The van der Waals surface area contributed by atoms with Gasteiger partial charge in [-0.2, -0.15) is 0 Å². The van der Waals surface area contributed by atoms with Crippen LogP contribution in [0.15, 0.2) is 23.3 Å². The molecule has 4 rings (SSSR count). The Labute approximate surface area is 429 Å². The molecule has 3 fully saturated rings. The van der Waals surface area contributed by atoms with Crippen molar-refractivity contribution in [3.63, 3.8) is 0 Å². The van der Waals surface area contributed by atoms with Gasteiger partial charge in [-0.15, -0.1) is 0 Å². The minimum absolute atomic E-state index is 0.00366. The molecular formula is C55H95NO13Si2. The Morgan fingerprint density at radius 2 is 1.35 bits per heavy atom. The molecule has 406 valence electrons. The van der Waals surface area contributed by atoms with Gasteiger partial charge in [0, 0.05) is 58.5 Å². The van der Waals surface area contributed by atoms with E-state index in [1.807, 2.05) is 26.8 Å². The van der Waals surface area contributed by atoms with Crippen LogP contribution >= 0.6 is 0 Å². The van der Waals surface area contributed by atoms with E-state index in [0.717, 1.165) is 73.0 Å². The van der Waals surface area contributed by atoms with Crippen LogP contribution in [0.3, 0.4) is 0 Å². The Kier molecular flexibility index (Phi) is 24.0. The molecule has 0 spiro atoms. The Balaban J connectivity index is 1.89. The maximum Gasteiger partial charge on any atom is 0.329 e. The molecule has 0 aromatic heterocycles. The number of piperidine rings is 1. The van der Waals surface area contributed by atoms with Crippen LogP contribution in [-0.4, -0.2) is 139 Å². The van der Waals surface area contributed by atoms with Gasteiger partial charge in [-0.25, -0.2) is 4.79 Å². The van der Waals surface area contributed by atoms with Crippen LogP contribution < -0.4 is 0 Å². The number of aldehydes is 1. The molecule has 0 aromatic rings. The first-order valence-corrected chi connectivity index (χ1v) is 32.5. The van der Waals surface area contributed by atoms with Gasteiger partial charge in [0.05, 0.1) is 30.5 Å². The van der Waals surface area contributed by atoms with E-state index in [0.29, 0.717) is 25.7 Å². The van der Waals surface area contributed by atoms with Crippen molar-refractivity contribution in [1.29, 1.82) is 0 Å². The molecule has 0 radical (unpaired) electrons. The van der Waals surface area contributed by atoms with Gasteiger partial charge in [0.15, 0.2) is 16.6 Å². The molecule has 0 aromatic carbocycles. The van der Waals surface area contributed by atoms with E-state index in [1.165, 1.54) is 12.0 Å². The number of hydrogen-bond donors (Lipinski definition) is 1. The number of allylic oxidation sites excluding steroid dienone is 3. The summed E-state index contributed by atoms with van der Waals surface area (Å²) in [5, 5.41) is 12.3. The summed E-state index contributed by atoms with van der Waals surface area (Å²) in [6, 6.07) is 4.49. The van der Waals surface area contributed by atoms with Crippen molar-refractivity contribution in [1.82, 2.24) is 4.90 Å². The molecule has 1 amide bonds. The van der Waals surface area contributed by atoms with Crippen molar-refractivity contribution in [2.24, 2.45) is 29.6 Å². The lowest BCUT2D eigenvalue weighted by atomic mass is 9.81. The van der Waals surface area contributed by atoms with E-state index in [-0.39, 0.29) is 62.1 Å². The van der Waals surface area contributed by atoms with Gasteiger partial charge < -0.3 is 47.3 Å². The fourth-order valence-corrected chi connectivity index (χ4v) is 18.1. The number of aliphatic hydroxyl groups is 1. The molecule has 1 unspecified atom stereocenters. The number of fused-ring (bicyclic) bond motifs is 3. The Morgan fingerprint density at radius 3 is 1.92 bits per heavy atom. The standard InChI is InChI=1S/C55H95NO13Si2/c1-15-70(16-2,17-3)68-45-25-24-41(34-47(45)63-12)32-38(9)50-40(11)46(69-71(18-4,19-5)20-6)35-44(58)42(26-28-57)30-36(7)29-37(8)31-48(64-13)51-49(65-14)33-39(10)55(62,67-51)52(59)53(60)56-27-22-21-23-43(56)54(61)66-50/h28,30,32,37,39-43,45-51,62H,15-27,29,31,33-35H2,1-14H3/b36-30+,38-32+/t37-,39+,40-,41-,42+,43-,45+,46?,47+,48-,49-,50+,51+,55+/m0/s1. The fraction of sp³-hybridized carbons (Fsp3) is 0.836. The summed E-state index contributed by atoms with van der Waals surface area (Å²) in [6.45, 7) is 22.8. The SMILES string of the molecule is CC[Si](CC)(CC)OC1CC(=O)[C@H](CC=O)/C=C(\C)C[C@H](C)C[C@H](OC)[C@H]2O[C@@](O)(C(=O)C(=O)N3CCCC[C@H]3C(=O)O[C@H](/C(C)=C/[C@@H]3CC[C@@H](O[Si](CC)(CC)CC)[C@H](OC)C3)[C@H]1C)[C@H](C)C[C@@H]2OC. The molecule has 2 bridgehead atoms. The third kappa shape index (κ3) is 14.9. The van der Waals surface area contributed by atoms with Gasteiger partial charge in [-0.1, -0.05) is 80.0 Å². The van der Waals surface area contributed by atoms with E-state index >= 15 is 4.79 Å². The number of amides is 1. The average molecular weight is 1030 g/mol.